The van der Waals surface area contributed by atoms with Crippen LogP contribution in [0.1, 0.15) is 49.2 Å². The van der Waals surface area contributed by atoms with Crippen LogP contribution in [0.4, 0.5) is 4.39 Å². The van der Waals surface area contributed by atoms with Crippen molar-refractivity contribution in [1.29, 1.82) is 0 Å². The molecule has 2 aliphatic rings. The summed E-state index contributed by atoms with van der Waals surface area (Å²) in [5, 5.41) is 0. The molecule has 0 bridgehead atoms. The van der Waals surface area contributed by atoms with E-state index in [1.807, 2.05) is 27.7 Å². The van der Waals surface area contributed by atoms with Gasteiger partial charge in [0.25, 0.3) is 5.91 Å². The smallest absolute Gasteiger partial charge is 0.398 e. The molecule has 1 aromatic rings. The highest BCUT2D eigenvalue weighted by Crippen LogP contribution is 2.40. The maximum atomic E-state index is 14.9. The van der Waals surface area contributed by atoms with Crippen molar-refractivity contribution in [2.24, 2.45) is 5.73 Å². The van der Waals surface area contributed by atoms with Crippen LogP contribution in [0.5, 0.6) is 0 Å². The van der Waals surface area contributed by atoms with Gasteiger partial charge in [0.05, 0.1) is 16.1 Å². The van der Waals surface area contributed by atoms with Crippen LogP contribution in [0.15, 0.2) is 17.9 Å². The standard InChI is InChI=1S/C17H24BFN2O3S/c1-10(14(19)18-23-16(2,3)17(4,5)24-18)12-6-7-13(25-12)15(22)21-8-11(20)9-21/h6-7,11H,8-9,20H2,1-5H3. The lowest BCUT2D eigenvalue weighted by molar-refractivity contribution is 0.00578. The second-order valence-electron chi connectivity index (χ2n) is 7.70. The van der Waals surface area contributed by atoms with Crippen LogP contribution in [0.2, 0.25) is 0 Å². The van der Waals surface area contributed by atoms with Crippen molar-refractivity contribution in [3.05, 3.63) is 27.6 Å². The Bertz CT molecular complexity index is 709. The average Bonchev–Trinajstić information content (AvgIpc) is 3.05. The van der Waals surface area contributed by atoms with E-state index in [0.717, 1.165) is 0 Å². The van der Waals surface area contributed by atoms with Gasteiger partial charge in [-0.1, -0.05) is 0 Å². The molecule has 2 saturated heterocycles. The van der Waals surface area contributed by atoms with E-state index < -0.39 is 24.0 Å². The third-order valence-corrected chi connectivity index (χ3v) is 6.39. The largest absolute Gasteiger partial charge is 0.525 e. The Hall–Kier alpha value is -1.22. The molecule has 2 aliphatic heterocycles. The van der Waals surface area contributed by atoms with Crippen LogP contribution >= 0.6 is 11.3 Å². The Morgan fingerprint density at radius 3 is 2.28 bits per heavy atom. The third-order valence-electron chi connectivity index (χ3n) is 5.20. The molecule has 0 saturated carbocycles. The summed E-state index contributed by atoms with van der Waals surface area (Å²) in [6.45, 7) is 10.4. The van der Waals surface area contributed by atoms with E-state index in [2.05, 4.69) is 0 Å². The Balaban J connectivity index is 1.78. The molecule has 25 heavy (non-hydrogen) atoms. The molecule has 1 amide bonds. The number of nitrogens with zero attached hydrogens (tertiary/aromatic N) is 1. The van der Waals surface area contributed by atoms with Crippen molar-refractivity contribution in [3.8, 4) is 0 Å². The predicted octanol–water partition coefficient (Wildman–Crippen LogP) is 2.86. The highest BCUT2D eigenvalue weighted by atomic mass is 32.1. The van der Waals surface area contributed by atoms with Crippen LogP contribution in [0.25, 0.3) is 5.57 Å². The van der Waals surface area contributed by atoms with E-state index in [9.17, 15) is 9.18 Å². The maximum absolute atomic E-state index is 14.9. The van der Waals surface area contributed by atoms with Gasteiger partial charge in [-0.05, 0) is 52.3 Å². The summed E-state index contributed by atoms with van der Waals surface area (Å²) >= 11 is 1.27. The predicted molar refractivity (Wildman–Crippen MR) is 98.0 cm³/mol. The molecule has 3 heterocycles. The topological polar surface area (TPSA) is 64.8 Å². The second-order valence-corrected chi connectivity index (χ2v) is 8.78. The van der Waals surface area contributed by atoms with E-state index in [1.165, 1.54) is 11.3 Å². The molecule has 0 aromatic carbocycles. The number of carbonyl (C=O) groups excluding carboxylic acids is 1. The first-order valence-corrected chi connectivity index (χ1v) is 9.20. The van der Waals surface area contributed by atoms with Crippen LogP contribution in [0.3, 0.4) is 0 Å². The van der Waals surface area contributed by atoms with Crippen molar-refractivity contribution < 1.29 is 18.5 Å². The fourth-order valence-electron chi connectivity index (χ4n) is 2.73. The Morgan fingerprint density at radius 1 is 1.24 bits per heavy atom. The summed E-state index contributed by atoms with van der Waals surface area (Å²) in [5.74, 6) is -0.0539. The number of nitrogens with two attached hydrogens (primary N) is 1. The lowest BCUT2D eigenvalue weighted by atomic mass is 9.84. The number of halogens is 1. The van der Waals surface area contributed by atoms with Gasteiger partial charge in [0.2, 0.25) is 0 Å². The van der Waals surface area contributed by atoms with Crippen molar-refractivity contribution >= 4 is 29.9 Å². The number of hydrogen-bond donors (Lipinski definition) is 1. The number of amides is 1. The van der Waals surface area contributed by atoms with Crippen molar-refractivity contribution in [2.75, 3.05) is 13.1 Å². The van der Waals surface area contributed by atoms with Crippen molar-refractivity contribution in [3.63, 3.8) is 0 Å². The molecule has 2 fully saturated rings. The molecular formula is C17H24BFN2O3S. The molecule has 136 valence electrons. The zero-order valence-electron chi connectivity index (χ0n) is 15.3. The van der Waals surface area contributed by atoms with E-state index >= 15 is 0 Å². The molecule has 1 aromatic heterocycles. The zero-order chi connectivity index (χ0) is 18.6. The van der Waals surface area contributed by atoms with E-state index in [4.69, 9.17) is 15.0 Å². The molecule has 0 spiro atoms. The molecular weight excluding hydrogens is 342 g/mol. The first-order valence-electron chi connectivity index (χ1n) is 8.39. The van der Waals surface area contributed by atoms with Gasteiger partial charge in [0.1, 0.15) is 5.73 Å². The fourth-order valence-corrected chi connectivity index (χ4v) is 3.71. The van der Waals surface area contributed by atoms with Gasteiger partial charge < -0.3 is 19.9 Å². The minimum atomic E-state index is -1.03. The first-order chi connectivity index (χ1) is 11.5. The van der Waals surface area contributed by atoms with Gasteiger partial charge in [-0.25, -0.2) is 4.39 Å². The SMILES string of the molecule is CC(=C(F)B1OC(C)(C)C(C)(C)O1)c1ccc(C(=O)N2CC(N)C2)s1. The summed E-state index contributed by atoms with van der Waals surface area (Å²) in [4.78, 5) is 15.3. The van der Waals surface area contributed by atoms with Gasteiger partial charge in [0.15, 0.2) is 0 Å². The van der Waals surface area contributed by atoms with Crippen LogP contribution in [-0.4, -0.2) is 48.3 Å². The normalized spacial score (nSPS) is 23.5. The zero-order valence-corrected chi connectivity index (χ0v) is 16.1. The number of rotatable bonds is 3. The Morgan fingerprint density at radius 2 is 1.76 bits per heavy atom. The second kappa shape index (κ2) is 6.19. The average molecular weight is 366 g/mol. The molecule has 3 rings (SSSR count). The highest BCUT2D eigenvalue weighted by molar-refractivity contribution is 7.15. The van der Waals surface area contributed by atoms with Crippen LogP contribution in [0, 0.1) is 0 Å². The molecule has 8 heteroatoms. The van der Waals surface area contributed by atoms with Crippen LogP contribution in [-0.2, 0) is 9.31 Å². The minimum absolute atomic E-state index is 0.0539. The number of thiophene rings is 1. The lowest BCUT2D eigenvalue weighted by Gasteiger charge is -2.36. The molecule has 0 radical (unpaired) electrons. The van der Waals surface area contributed by atoms with Gasteiger partial charge in [-0.3, -0.25) is 4.79 Å². The molecule has 5 nitrogen and oxygen atoms in total. The van der Waals surface area contributed by atoms with Crippen LogP contribution < -0.4 is 5.73 Å². The Kier molecular flexibility index (Phi) is 4.60. The van der Waals surface area contributed by atoms with E-state index in [1.54, 1.807) is 24.0 Å². The van der Waals surface area contributed by atoms with Gasteiger partial charge >= 0.3 is 7.12 Å². The summed E-state index contributed by atoms with van der Waals surface area (Å²) in [6.07, 6.45) is 0. The van der Waals surface area contributed by atoms with Crippen molar-refractivity contribution in [2.45, 2.75) is 51.9 Å². The monoisotopic (exact) mass is 366 g/mol. The minimum Gasteiger partial charge on any atom is -0.398 e. The fraction of sp³-hybridized carbons (Fsp3) is 0.588. The molecule has 0 atom stereocenters. The number of likely N-dealkylation sites (tertiary alicyclic amines) is 1. The molecule has 2 N–H and O–H groups in total. The Labute approximate surface area is 152 Å². The molecule has 0 aliphatic carbocycles. The van der Waals surface area contributed by atoms with Gasteiger partial charge in [-0.15, -0.1) is 11.3 Å². The van der Waals surface area contributed by atoms with E-state index in [0.29, 0.717) is 28.4 Å². The quantitative estimate of drug-likeness (QED) is 0.836. The summed E-state index contributed by atoms with van der Waals surface area (Å²) in [5.41, 5.74) is 4.51. The molecule has 0 unspecified atom stereocenters. The van der Waals surface area contributed by atoms with Gasteiger partial charge in [0, 0.05) is 24.0 Å². The summed E-state index contributed by atoms with van der Waals surface area (Å²) in [6, 6.07) is 3.55. The number of allylic oxidation sites excluding steroid dienone is 1. The summed E-state index contributed by atoms with van der Waals surface area (Å²) < 4.78 is 26.4. The third kappa shape index (κ3) is 3.28. The maximum Gasteiger partial charge on any atom is 0.525 e. The van der Waals surface area contributed by atoms with E-state index in [-0.39, 0.29) is 11.9 Å². The number of hydrogen-bond acceptors (Lipinski definition) is 5. The number of carbonyl (C=O) groups is 1. The highest BCUT2D eigenvalue weighted by Gasteiger charge is 2.53. The lowest BCUT2D eigenvalue weighted by Crippen LogP contribution is -2.57. The first kappa shape index (κ1) is 18.6. The van der Waals surface area contributed by atoms with Crippen molar-refractivity contribution in [1.82, 2.24) is 4.90 Å². The van der Waals surface area contributed by atoms with Gasteiger partial charge in [-0.2, -0.15) is 0 Å². The summed E-state index contributed by atoms with van der Waals surface area (Å²) in [7, 11) is -1.03.